The van der Waals surface area contributed by atoms with Crippen LogP contribution in [0.1, 0.15) is 290 Å². The number of aliphatic hydroxyl groups is 2. The Hall–Kier alpha value is -1.39. The van der Waals surface area contributed by atoms with Gasteiger partial charge in [0.2, 0.25) is 5.91 Å². The SMILES string of the molecule is CCCCCCC/C=C\C/C=C\CCCCCCCCCCCCCCCCCCCC(=O)NC(CO)C(O)/C=C/CCCCCCCCCCCCCCCCCC. The third-order valence-corrected chi connectivity index (χ3v) is 12.4. The van der Waals surface area contributed by atoms with Crippen molar-refractivity contribution in [2.75, 3.05) is 6.61 Å². The topological polar surface area (TPSA) is 69.6 Å². The molecule has 0 aromatic heterocycles. The first-order valence-corrected chi connectivity index (χ1v) is 26.7. The van der Waals surface area contributed by atoms with E-state index in [9.17, 15) is 15.0 Å². The van der Waals surface area contributed by atoms with Gasteiger partial charge in [0.05, 0.1) is 18.8 Å². The van der Waals surface area contributed by atoms with Crippen LogP contribution in [-0.2, 0) is 4.79 Å². The Bertz CT molecular complexity index is 897. The number of nitrogens with one attached hydrogen (secondary N) is 1. The van der Waals surface area contributed by atoms with Crippen LogP contribution in [0.4, 0.5) is 0 Å². The van der Waals surface area contributed by atoms with Crippen LogP contribution >= 0.6 is 0 Å². The van der Waals surface area contributed by atoms with Crippen molar-refractivity contribution in [1.29, 1.82) is 0 Å². The molecule has 0 aliphatic carbocycles. The molecule has 0 heterocycles. The lowest BCUT2D eigenvalue weighted by molar-refractivity contribution is -0.123. The Morgan fingerprint density at radius 2 is 0.695 bits per heavy atom. The summed E-state index contributed by atoms with van der Waals surface area (Å²) in [7, 11) is 0. The van der Waals surface area contributed by atoms with E-state index in [2.05, 4.69) is 43.5 Å². The fourth-order valence-electron chi connectivity index (χ4n) is 8.27. The van der Waals surface area contributed by atoms with Gasteiger partial charge in [-0.1, -0.05) is 269 Å². The molecule has 0 aliphatic rings. The molecule has 0 spiro atoms. The van der Waals surface area contributed by atoms with Gasteiger partial charge in [-0.15, -0.1) is 0 Å². The first kappa shape index (κ1) is 57.6. The average molecular weight is 828 g/mol. The molecule has 2 unspecified atom stereocenters. The zero-order chi connectivity index (χ0) is 42.8. The fraction of sp³-hybridized carbons (Fsp3) is 0.873. The van der Waals surface area contributed by atoms with E-state index >= 15 is 0 Å². The molecule has 0 bridgehead atoms. The number of allylic oxidation sites excluding steroid dienone is 5. The summed E-state index contributed by atoms with van der Waals surface area (Å²) < 4.78 is 0. The lowest BCUT2D eigenvalue weighted by atomic mass is 10.0. The summed E-state index contributed by atoms with van der Waals surface area (Å²) in [5.74, 6) is -0.0600. The lowest BCUT2D eigenvalue weighted by Crippen LogP contribution is -2.45. The highest BCUT2D eigenvalue weighted by Crippen LogP contribution is 2.17. The second-order valence-electron chi connectivity index (χ2n) is 18.3. The molecule has 0 saturated heterocycles. The summed E-state index contributed by atoms with van der Waals surface area (Å²) in [5, 5.41) is 23.1. The lowest BCUT2D eigenvalue weighted by Gasteiger charge is -2.20. The Kier molecular flexibility index (Phi) is 49.8. The fourth-order valence-corrected chi connectivity index (χ4v) is 8.27. The van der Waals surface area contributed by atoms with Crippen molar-refractivity contribution in [3.05, 3.63) is 36.5 Å². The predicted octanol–water partition coefficient (Wildman–Crippen LogP) is 17.3. The van der Waals surface area contributed by atoms with Gasteiger partial charge in [0, 0.05) is 6.42 Å². The number of rotatable bonds is 49. The van der Waals surface area contributed by atoms with Crippen LogP contribution < -0.4 is 5.32 Å². The Labute approximate surface area is 370 Å². The minimum absolute atomic E-state index is 0.0600. The Morgan fingerprint density at radius 3 is 1.02 bits per heavy atom. The number of hydrogen-bond donors (Lipinski definition) is 3. The van der Waals surface area contributed by atoms with Gasteiger partial charge in [0.1, 0.15) is 0 Å². The van der Waals surface area contributed by atoms with Crippen molar-refractivity contribution >= 4 is 5.91 Å². The van der Waals surface area contributed by atoms with Crippen molar-refractivity contribution in [1.82, 2.24) is 5.32 Å². The maximum Gasteiger partial charge on any atom is 0.220 e. The number of hydrogen-bond acceptors (Lipinski definition) is 3. The molecular formula is C55H105NO3. The van der Waals surface area contributed by atoms with E-state index in [-0.39, 0.29) is 12.5 Å². The first-order chi connectivity index (χ1) is 29.2. The van der Waals surface area contributed by atoms with E-state index < -0.39 is 12.1 Å². The van der Waals surface area contributed by atoms with Gasteiger partial charge in [0.15, 0.2) is 0 Å². The molecule has 4 heteroatoms. The van der Waals surface area contributed by atoms with Gasteiger partial charge in [-0.2, -0.15) is 0 Å². The van der Waals surface area contributed by atoms with Crippen LogP contribution in [0.15, 0.2) is 36.5 Å². The maximum atomic E-state index is 12.5. The molecule has 0 fully saturated rings. The summed E-state index contributed by atoms with van der Waals surface area (Å²) in [6, 6.07) is -0.621. The molecule has 3 N–H and O–H groups in total. The van der Waals surface area contributed by atoms with Gasteiger partial charge in [-0.25, -0.2) is 0 Å². The minimum Gasteiger partial charge on any atom is -0.394 e. The Balaban J connectivity index is 3.47. The summed E-state index contributed by atoms with van der Waals surface area (Å²) in [6.07, 6.45) is 68.6. The monoisotopic (exact) mass is 828 g/mol. The van der Waals surface area contributed by atoms with E-state index in [4.69, 9.17) is 0 Å². The molecule has 0 aromatic rings. The maximum absolute atomic E-state index is 12.5. The first-order valence-electron chi connectivity index (χ1n) is 26.7. The number of amides is 1. The summed E-state index contributed by atoms with van der Waals surface area (Å²) in [6.45, 7) is 4.32. The molecule has 1 amide bonds. The quantitative estimate of drug-likeness (QED) is 0.0423. The zero-order valence-corrected chi connectivity index (χ0v) is 40.0. The van der Waals surface area contributed by atoms with E-state index in [0.29, 0.717) is 6.42 Å². The van der Waals surface area contributed by atoms with Crippen LogP contribution in [-0.4, -0.2) is 34.9 Å². The van der Waals surface area contributed by atoms with E-state index in [1.807, 2.05) is 6.08 Å². The van der Waals surface area contributed by atoms with Gasteiger partial charge >= 0.3 is 0 Å². The minimum atomic E-state index is -0.838. The Morgan fingerprint density at radius 1 is 0.407 bits per heavy atom. The van der Waals surface area contributed by atoms with Crippen LogP contribution in [0, 0.1) is 0 Å². The van der Waals surface area contributed by atoms with Crippen LogP contribution in [0.5, 0.6) is 0 Å². The largest absolute Gasteiger partial charge is 0.394 e. The normalized spacial score (nSPS) is 13.1. The second-order valence-corrected chi connectivity index (χ2v) is 18.3. The van der Waals surface area contributed by atoms with Gasteiger partial charge < -0.3 is 15.5 Å². The molecule has 59 heavy (non-hydrogen) atoms. The highest BCUT2D eigenvalue weighted by Gasteiger charge is 2.18. The average Bonchev–Trinajstić information content (AvgIpc) is 3.24. The van der Waals surface area contributed by atoms with E-state index in [0.717, 1.165) is 32.1 Å². The third kappa shape index (κ3) is 47.5. The molecular weight excluding hydrogens is 723 g/mol. The molecule has 2 atom stereocenters. The van der Waals surface area contributed by atoms with Crippen molar-refractivity contribution in [2.45, 2.75) is 302 Å². The smallest absolute Gasteiger partial charge is 0.220 e. The number of carbonyl (C=O) groups excluding carboxylic acids is 1. The van der Waals surface area contributed by atoms with Gasteiger partial charge in [0.25, 0.3) is 0 Å². The molecule has 0 rings (SSSR count). The molecule has 0 radical (unpaired) electrons. The molecule has 0 aliphatic heterocycles. The van der Waals surface area contributed by atoms with E-state index in [1.54, 1.807) is 6.08 Å². The molecule has 0 saturated carbocycles. The standard InChI is InChI=1S/C55H105NO3/c1-3-5-7-9-11-13-15-17-19-21-23-24-25-26-27-28-29-30-31-32-33-35-37-39-41-43-45-47-49-51-55(59)56-53(52-57)54(58)50-48-46-44-42-40-38-36-34-22-20-18-16-14-12-10-8-6-4-2/h15,17,21,23,48,50,53-54,57-58H,3-14,16,18-20,22,24-47,49,51-52H2,1-2H3,(H,56,59)/b17-15-,23-21-,50-48+. The number of unbranched alkanes of at least 4 members (excludes halogenated alkanes) is 38. The molecule has 0 aromatic carbocycles. The summed E-state index contributed by atoms with van der Waals surface area (Å²) in [5.41, 5.74) is 0. The number of aliphatic hydroxyl groups excluding tert-OH is 2. The molecule has 4 nitrogen and oxygen atoms in total. The highest BCUT2D eigenvalue weighted by molar-refractivity contribution is 5.76. The predicted molar refractivity (Wildman–Crippen MR) is 262 cm³/mol. The highest BCUT2D eigenvalue weighted by atomic mass is 16.3. The van der Waals surface area contributed by atoms with Crippen LogP contribution in [0.3, 0.4) is 0 Å². The van der Waals surface area contributed by atoms with Gasteiger partial charge in [-0.05, 0) is 51.4 Å². The zero-order valence-electron chi connectivity index (χ0n) is 40.0. The van der Waals surface area contributed by atoms with Crippen LogP contribution in [0.2, 0.25) is 0 Å². The van der Waals surface area contributed by atoms with Crippen molar-refractivity contribution in [2.24, 2.45) is 0 Å². The second kappa shape index (κ2) is 51.0. The van der Waals surface area contributed by atoms with Crippen molar-refractivity contribution in [3.63, 3.8) is 0 Å². The summed E-state index contributed by atoms with van der Waals surface area (Å²) in [4.78, 5) is 12.5. The number of carbonyl (C=O) groups is 1. The van der Waals surface area contributed by atoms with E-state index in [1.165, 1.54) is 238 Å². The van der Waals surface area contributed by atoms with Crippen molar-refractivity contribution in [3.8, 4) is 0 Å². The van der Waals surface area contributed by atoms with Crippen molar-refractivity contribution < 1.29 is 15.0 Å². The molecule has 348 valence electrons. The van der Waals surface area contributed by atoms with Crippen LogP contribution in [0.25, 0.3) is 0 Å². The third-order valence-electron chi connectivity index (χ3n) is 12.4. The summed E-state index contributed by atoms with van der Waals surface area (Å²) >= 11 is 0. The van der Waals surface area contributed by atoms with Gasteiger partial charge in [-0.3, -0.25) is 4.79 Å².